The lowest BCUT2D eigenvalue weighted by Crippen LogP contribution is -2.35. The summed E-state index contributed by atoms with van der Waals surface area (Å²) in [7, 11) is 0. The van der Waals surface area contributed by atoms with Crippen LogP contribution in [0.3, 0.4) is 0 Å². The van der Waals surface area contributed by atoms with E-state index in [1.54, 1.807) is 6.07 Å². The molecular formula is C15H17N3O2. The molecular weight excluding hydrogens is 254 g/mol. The number of rotatable bonds is 4. The third-order valence-corrected chi connectivity index (χ3v) is 3.80. The molecule has 2 N–H and O–H groups in total. The number of aromatic nitrogens is 2. The van der Waals surface area contributed by atoms with Crippen LogP contribution in [0.1, 0.15) is 25.1 Å². The average molecular weight is 271 g/mol. The van der Waals surface area contributed by atoms with Crippen LogP contribution < -0.4 is 10.9 Å². The molecule has 20 heavy (non-hydrogen) atoms. The molecule has 104 valence electrons. The van der Waals surface area contributed by atoms with Crippen molar-refractivity contribution in [2.75, 3.05) is 6.54 Å². The Morgan fingerprint density at radius 2 is 2.15 bits per heavy atom. The van der Waals surface area contributed by atoms with Crippen molar-refractivity contribution >= 4 is 16.8 Å². The Morgan fingerprint density at radius 3 is 2.90 bits per heavy atom. The monoisotopic (exact) mass is 271 g/mol. The standard InChI is InChI=1S/C15H17N3O2/c19-14(10-4-3-5-10)16-9-8-13-17-12-7-2-1-6-11(12)15(20)18-13/h1-2,6-7,10H,3-5,8-9H2,(H,16,19)(H,17,18,20). The molecule has 1 heterocycles. The zero-order valence-corrected chi connectivity index (χ0v) is 11.2. The van der Waals surface area contributed by atoms with E-state index in [2.05, 4.69) is 15.3 Å². The summed E-state index contributed by atoms with van der Waals surface area (Å²) in [5, 5.41) is 3.49. The van der Waals surface area contributed by atoms with E-state index in [0.717, 1.165) is 19.3 Å². The van der Waals surface area contributed by atoms with Crippen LogP contribution in [0.5, 0.6) is 0 Å². The zero-order valence-electron chi connectivity index (χ0n) is 11.2. The second-order valence-corrected chi connectivity index (χ2v) is 5.20. The van der Waals surface area contributed by atoms with Gasteiger partial charge < -0.3 is 10.3 Å². The fraction of sp³-hybridized carbons (Fsp3) is 0.400. The summed E-state index contributed by atoms with van der Waals surface area (Å²) in [6.45, 7) is 0.511. The van der Waals surface area contributed by atoms with Crippen LogP contribution in [0.25, 0.3) is 10.9 Å². The second-order valence-electron chi connectivity index (χ2n) is 5.20. The van der Waals surface area contributed by atoms with Crippen LogP contribution in [-0.2, 0) is 11.2 Å². The van der Waals surface area contributed by atoms with Gasteiger partial charge in [-0.25, -0.2) is 4.98 Å². The molecule has 1 aliphatic rings. The maximum absolute atomic E-state index is 11.9. The zero-order chi connectivity index (χ0) is 13.9. The topological polar surface area (TPSA) is 74.8 Å². The Balaban J connectivity index is 1.65. The summed E-state index contributed by atoms with van der Waals surface area (Å²) in [6.07, 6.45) is 3.68. The highest BCUT2D eigenvalue weighted by molar-refractivity contribution is 5.79. The number of para-hydroxylation sites is 1. The largest absolute Gasteiger partial charge is 0.355 e. The molecule has 2 aromatic rings. The minimum absolute atomic E-state index is 0.124. The number of hydrogen-bond donors (Lipinski definition) is 2. The number of aromatic amines is 1. The van der Waals surface area contributed by atoms with E-state index in [1.165, 1.54) is 0 Å². The summed E-state index contributed by atoms with van der Waals surface area (Å²) >= 11 is 0. The first-order valence-electron chi connectivity index (χ1n) is 7.00. The van der Waals surface area contributed by atoms with Crippen molar-refractivity contribution in [1.82, 2.24) is 15.3 Å². The van der Waals surface area contributed by atoms with Gasteiger partial charge in [0.25, 0.3) is 5.56 Å². The Bertz CT molecular complexity index is 689. The summed E-state index contributed by atoms with van der Waals surface area (Å²) < 4.78 is 0. The fourth-order valence-electron chi connectivity index (χ4n) is 2.37. The van der Waals surface area contributed by atoms with E-state index in [9.17, 15) is 9.59 Å². The Labute approximate surface area is 116 Å². The molecule has 1 fully saturated rings. The number of H-pyrrole nitrogens is 1. The van der Waals surface area contributed by atoms with E-state index >= 15 is 0 Å². The van der Waals surface area contributed by atoms with Gasteiger partial charge in [-0.3, -0.25) is 9.59 Å². The van der Waals surface area contributed by atoms with Crippen molar-refractivity contribution in [2.45, 2.75) is 25.7 Å². The van der Waals surface area contributed by atoms with E-state index in [1.807, 2.05) is 18.2 Å². The van der Waals surface area contributed by atoms with Crippen molar-refractivity contribution in [3.05, 3.63) is 40.4 Å². The van der Waals surface area contributed by atoms with Crippen LogP contribution >= 0.6 is 0 Å². The van der Waals surface area contributed by atoms with Crippen LogP contribution in [-0.4, -0.2) is 22.4 Å². The molecule has 0 saturated heterocycles. The average Bonchev–Trinajstić information content (AvgIpc) is 2.37. The van der Waals surface area contributed by atoms with Crippen molar-refractivity contribution in [2.24, 2.45) is 5.92 Å². The predicted octanol–water partition coefficient (Wildman–Crippen LogP) is 1.38. The van der Waals surface area contributed by atoms with Gasteiger partial charge in [-0.05, 0) is 25.0 Å². The van der Waals surface area contributed by atoms with E-state index < -0.39 is 0 Å². The van der Waals surface area contributed by atoms with Crippen LogP contribution in [0.2, 0.25) is 0 Å². The number of nitrogens with one attached hydrogen (secondary N) is 2. The fourth-order valence-corrected chi connectivity index (χ4v) is 2.37. The summed E-state index contributed by atoms with van der Waals surface area (Å²) in [5.41, 5.74) is 0.562. The lowest BCUT2D eigenvalue weighted by atomic mass is 9.85. The number of fused-ring (bicyclic) bond motifs is 1. The number of carbonyl (C=O) groups is 1. The Morgan fingerprint density at radius 1 is 1.35 bits per heavy atom. The summed E-state index contributed by atoms with van der Waals surface area (Å²) in [6, 6.07) is 7.25. The first-order valence-corrected chi connectivity index (χ1v) is 7.00. The molecule has 0 bridgehead atoms. The molecule has 0 atom stereocenters. The van der Waals surface area contributed by atoms with Gasteiger partial charge in [0.2, 0.25) is 5.91 Å². The molecule has 1 saturated carbocycles. The predicted molar refractivity (Wildman–Crippen MR) is 76.4 cm³/mol. The first kappa shape index (κ1) is 12.8. The number of carbonyl (C=O) groups excluding carboxylic acids is 1. The number of hydrogen-bond acceptors (Lipinski definition) is 3. The van der Waals surface area contributed by atoms with Crippen molar-refractivity contribution in [1.29, 1.82) is 0 Å². The molecule has 0 spiro atoms. The molecule has 0 radical (unpaired) electrons. The molecule has 1 amide bonds. The van der Waals surface area contributed by atoms with Crippen LogP contribution in [0.4, 0.5) is 0 Å². The number of amides is 1. The normalized spacial score (nSPS) is 15.0. The number of nitrogens with zero attached hydrogens (tertiary/aromatic N) is 1. The van der Waals surface area contributed by atoms with Gasteiger partial charge in [0.05, 0.1) is 10.9 Å². The van der Waals surface area contributed by atoms with Gasteiger partial charge in [-0.15, -0.1) is 0 Å². The molecule has 3 rings (SSSR count). The summed E-state index contributed by atoms with van der Waals surface area (Å²) in [5.74, 6) is 0.931. The lowest BCUT2D eigenvalue weighted by Gasteiger charge is -2.23. The molecule has 1 aliphatic carbocycles. The molecule has 5 nitrogen and oxygen atoms in total. The smallest absolute Gasteiger partial charge is 0.258 e. The third kappa shape index (κ3) is 2.57. The Kier molecular flexibility index (Phi) is 3.50. The first-order chi connectivity index (χ1) is 9.74. The molecule has 0 unspecified atom stereocenters. The quantitative estimate of drug-likeness (QED) is 0.882. The molecule has 1 aromatic heterocycles. The third-order valence-electron chi connectivity index (χ3n) is 3.80. The molecule has 1 aromatic carbocycles. The highest BCUT2D eigenvalue weighted by Gasteiger charge is 2.24. The minimum atomic E-state index is -0.129. The van der Waals surface area contributed by atoms with Crippen molar-refractivity contribution in [3.63, 3.8) is 0 Å². The maximum Gasteiger partial charge on any atom is 0.258 e. The van der Waals surface area contributed by atoms with Gasteiger partial charge in [0, 0.05) is 18.9 Å². The van der Waals surface area contributed by atoms with Crippen molar-refractivity contribution in [3.8, 4) is 0 Å². The Hall–Kier alpha value is -2.17. The highest BCUT2D eigenvalue weighted by Crippen LogP contribution is 2.25. The lowest BCUT2D eigenvalue weighted by molar-refractivity contribution is -0.127. The van der Waals surface area contributed by atoms with E-state index in [-0.39, 0.29) is 17.4 Å². The maximum atomic E-state index is 11.9. The van der Waals surface area contributed by atoms with Gasteiger partial charge >= 0.3 is 0 Å². The second kappa shape index (κ2) is 5.45. The van der Waals surface area contributed by atoms with Gasteiger partial charge in [-0.2, -0.15) is 0 Å². The highest BCUT2D eigenvalue weighted by atomic mass is 16.2. The van der Waals surface area contributed by atoms with Gasteiger partial charge in [0.1, 0.15) is 5.82 Å². The SMILES string of the molecule is O=C(NCCc1nc2ccccc2c(=O)[nH]1)C1CCC1. The van der Waals surface area contributed by atoms with E-state index in [4.69, 9.17) is 0 Å². The van der Waals surface area contributed by atoms with Crippen molar-refractivity contribution < 1.29 is 4.79 Å². The molecule has 5 heteroatoms. The van der Waals surface area contributed by atoms with E-state index in [0.29, 0.717) is 29.7 Å². The molecule has 0 aliphatic heterocycles. The number of benzene rings is 1. The minimum Gasteiger partial charge on any atom is -0.355 e. The van der Waals surface area contributed by atoms with Gasteiger partial charge in [0.15, 0.2) is 0 Å². The van der Waals surface area contributed by atoms with Crippen LogP contribution in [0, 0.1) is 5.92 Å². The van der Waals surface area contributed by atoms with Crippen LogP contribution in [0.15, 0.2) is 29.1 Å². The summed E-state index contributed by atoms with van der Waals surface area (Å²) in [4.78, 5) is 30.7. The van der Waals surface area contributed by atoms with Gasteiger partial charge in [-0.1, -0.05) is 18.6 Å².